The molecule has 0 radical (unpaired) electrons. The van der Waals surface area contributed by atoms with Crippen molar-refractivity contribution in [3.05, 3.63) is 63.7 Å². The number of hydrogen-bond donors (Lipinski definition) is 3. The van der Waals surface area contributed by atoms with Gasteiger partial charge in [-0.1, -0.05) is 13.0 Å². The summed E-state index contributed by atoms with van der Waals surface area (Å²) in [6, 6.07) is 9.85. The molecule has 0 bridgehead atoms. The van der Waals surface area contributed by atoms with Crippen LogP contribution in [0, 0.1) is 17.0 Å². The smallest absolute Gasteiger partial charge is 0.270 e. The number of aryl methyl sites for hydroxylation is 1. The molecule has 0 aliphatic carbocycles. The van der Waals surface area contributed by atoms with Gasteiger partial charge in [-0.2, -0.15) is 0 Å². The lowest BCUT2D eigenvalue weighted by molar-refractivity contribution is -0.385. The monoisotopic (exact) mass is 434 g/mol. The average molecular weight is 434 g/mol. The first kappa shape index (κ1) is 23.0. The highest BCUT2D eigenvalue weighted by Crippen LogP contribution is 2.21. The summed E-state index contributed by atoms with van der Waals surface area (Å²) < 4.78 is 27.1. The molecular formula is C19H22N4O6S. The van der Waals surface area contributed by atoms with E-state index in [2.05, 4.69) is 15.4 Å². The van der Waals surface area contributed by atoms with Gasteiger partial charge in [-0.3, -0.25) is 19.7 Å². The molecule has 2 aromatic rings. The molecule has 0 saturated heterocycles. The van der Waals surface area contributed by atoms with E-state index in [-0.39, 0.29) is 29.6 Å². The molecule has 0 heterocycles. The fraction of sp³-hybridized carbons (Fsp3) is 0.263. The number of nitrogens with one attached hydrogen (secondary N) is 3. The Labute approximate surface area is 173 Å². The van der Waals surface area contributed by atoms with Crippen LogP contribution < -0.4 is 15.4 Å². The lowest BCUT2D eigenvalue weighted by atomic mass is 10.2. The topological polar surface area (TPSA) is 148 Å². The number of nitro groups is 1. The number of carbonyl (C=O) groups is 2. The van der Waals surface area contributed by atoms with Crippen LogP contribution in [0.5, 0.6) is 0 Å². The Hall–Kier alpha value is -3.31. The third-order valence-electron chi connectivity index (χ3n) is 4.13. The summed E-state index contributed by atoms with van der Waals surface area (Å²) in [6.45, 7) is 3.18. The Kier molecular flexibility index (Phi) is 7.61. The van der Waals surface area contributed by atoms with Gasteiger partial charge >= 0.3 is 0 Å². The first-order chi connectivity index (χ1) is 14.1. The van der Waals surface area contributed by atoms with Crippen LogP contribution in [0.3, 0.4) is 0 Å². The number of hydrogen-bond acceptors (Lipinski definition) is 6. The molecule has 10 nitrogen and oxygen atoms in total. The molecule has 0 unspecified atom stereocenters. The molecule has 2 rings (SSSR count). The van der Waals surface area contributed by atoms with Gasteiger partial charge in [-0.25, -0.2) is 13.1 Å². The Bertz CT molecular complexity index is 1050. The highest BCUT2D eigenvalue weighted by atomic mass is 32.2. The number of amides is 2. The van der Waals surface area contributed by atoms with Crippen molar-refractivity contribution in [1.82, 2.24) is 10.0 Å². The second-order valence-electron chi connectivity index (χ2n) is 6.34. The van der Waals surface area contributed by atoms with Crippen molar-refractivity contribution in [2.75, 3.05) is 18.4 Å². The maximum absolute atomic E-state index is 12.4. The van der Waals surface area contributed by atoms with Crippen LogP contribution in [0.4, 0.5) is 11.4 Å². The van der Waals surface area contributed by atoms with Gasteiger partial charge in [-0.05, 0) is 36.8 Å². The fourth-order valence-corrected chi connectivity index (χ4v) is 3.78. The van der Waals surface area contributed by atoms with E-state index in [9.17, 15) is 28.1 Å². The predicted octanol–water partition coefficient (Wildman–Crippen LogP) is 1.96. The summed E-state index contributed by atoms with van der Waals surface area (Å²) in [4.78, 5) is 33.5. The SMILES string of the molecule is CCC(=O)Nc1ccc(C(=O)NCCNS(=O)(=O)c2cc([N+](=O)[O-])ccc2C)cc1. The Morgan fingerprint density at radius 2 is 1.73 bits per heavy atom. The Morgan fingerprint density at radius 1 is 1.07 bits per heavy atom. The number of carbonyl (C=O) groups excluding carboxylic acids is 2. The lowest BCUT2D eigenvalue weighted by Gasteiger charge is -2.10. The zero-order valence-corrected chi connectivity index (χ0v) is 17.3. The molecule has 0 atom stereocenters. The third kappa shape index (κ3) is 6.09. The number of nitro benzene ring substituents is 1. The summed E-state index contributed by atoms with van der Waals surface area (Å²) in [5, 5.41) is 16.1. The van der Waals surface area contributed by atoms with Gasteiger partial charge in [-0.15, -0.1) is 0 Å². The second-order valence-corrected chi connectivity index (χ2v) is 8.08. The van der Waals surface area contributed by atoms with Crippen LogP contribution >= 0.6 is 0 Å². The Morgan fingerprint density at radius 3 is 2.33 bits per heavy atom. The van der Waals surface area contributed by atoms with Crippen molar-refractivity contribution < 1.29 is 22.9 Å². The van der Waals surface area contributed by atoms with Crippen LogP contribution in [0.1, 0.15) is 29.3 Å². The molecule has 0 spiro atoms. The molecule has 0 aliphatic heterocycles. The van der Waals surface area contributed by atoms with Crippen molar-refractivity contribution in [2.45, 2.75) is 25.2 Å². The largest absolute Gasteiger partial charge is 0.351 e. The number of sulfonamides is 1. The number of non-ortho nitro benzene ring substituents is 1. The van der Waals surface area contributed by atoms with Gasteiger partial charge in [0.05, 0.1) is 9.82 Å². The third-order valence-corrected chi connectivity index (χ3v) is 5.73. The lowest BCUT2D eigenvalue weighted by Crippen LogP contribution is -2.35. The minimum Gasteiger partial charge on any atom is -0.351 e. The zero-order valence-electron chi connectivity index (χ0n) is 16.5. The van der Waals surface area contributed by atoms with Crippen molar-refractivity contribution >= 4 is 33.2 Å². The molecule has 11 heteroatoms. The second kappa shape index (κ2) is 9.94. The molecular weight excluding hydrogens is 412 g/mol. The highest BCUT2D eigenvalue weighted by molar-refractivity contribution is 7.89. The van der Waals surface area contributed by atoms with E-state index in [0.717, 1.165) is 6.07 Å². The summed E-state index contributed by atoms with van der Waals surface area (Å²) in [5.74, 6) is -0.549. The molecule has 30 heavy (non-hydrogen) atoms. The van der Waals surface area contributed by atoms with Crippen LogP contribution in [0.15, 0.2) is 47.4 Å². The highest BCUT2D eigenvalue weighted by Gasteiger charge is 2.20. The summed E-state index contributed by atoms with van der Waals surface area (Å²) in [6.07, 6.45) is 0.341. The number of rotatable bonds is 9. The number of anilines is 1. The molecule has 0 saturated carbocycles. The maximum Gasteiger partial charge on any atom is 0.270 e. The first-order valence-corrected chi connectivity index (χ1v) is 10.5. The first-order valence-electron chi connectivity index (χ1n) is 9.07. The van der Waals surface area contributed by atoms with E-state index in [1.54, 1.807) is 19.1 Å². The molecule has 0 fully saturated rings. The van der Waals surface area contributed by atoms with Gasteiger partial charge in [0.15, 0.2) is 0 Å². The maximum atomic E-state index is 12.4. The molecule has 2 aromatic carbocycles. The van der Waals surface area contributed by atoms with E-state index >= 15 is 0 Å². The van der Waals surface area contributed by atoms with Crippen LogP contribution in [-0.4, -0.2) is 38.2 Å². The van der Waals surface area contributed by atoms with Crippen molar-refractivity contribution in [2.24, 2.45) is 0 Å². The van der Waals surface area contributed by atoms with E-state index in [1.165, 1.54) is 31.2 Å². The van der Waals surface area contributed by atoms with E-state index in [0.29, 0.717) is 23.2 Å². The zero-order chi connectivity index (χ0) is 22.3. The van der Waals surface area contributed by atoms with Gasteiger partial charge < -0.3 is 10.6 Å². The van der Waals surface area contributed by atoms with Crippen molar-refractivity contribution in [3.63, 3.8) is 0 Å². The minimum atomic E-state index is -3.98. The van der Waals surface area contributed by atoms with E-state index in [1.807, 2.05) is 0 Å². The molecule has 3 N–H and O–H groups in total. The van der Waals surface area contributed by atoms with E-state index in [4.69, 9.17) is 0 Å². The molecule has 160 valence electrons. The molecule has 0 aliphatic rings. The average Bonchev–Trinajstić information content (AvgIpc) is 2.71. The molecule has 0 aromatic heterocycles. The summed E-state index contributed by atoms with van der Waals surface area (Å²) in [7, 11) is -3.98. The molecule has 2 amide bonds. The van der Waals surface area contributed by atoms with Gasteiger partial charge in [0.2, 0.25) is 15.9 Å². The quantitative estimate of drug-likeness (QED) is 0.312. The van der Waals surface area contributed by atoms with Gasteiger partial charge in [0.25, 0.3) is 11.6 Å². The van der Waals surface area contributed by atoms with Crippen molar-refractivity contribution in [3.8, 4) is 0 Å². The number of benzene rings is 2. The van der Waals surface area contributed by atoms with Gasteiger partial charge in [0, 0.05) is 42.9 Å². The van der Waals surface area contributed by atoms with Crippen LogP contribution in [-0.2, 0) is 14.8 Å². The number of nitrogens with zero attached hydrogens (tertiary/aromatic N) is 1. The predicted molar refractivity (Wildman–Crippen MR) is 111 cm³/mol. The standard InChI is InChI=1S/C19H22N4O6S/c1-3-18(24)22-15-7-5-14(6-8-15)19(25)20-10-11-21-30(28,29)17-12-16(23(26)27)9-4-13(17)2/h4-9,12,21H,3,10-11H2,1-2H3,(H,20,25)(H,22,24). The van der Waals surface area contributed by atoms with E-state index < -0.39 is 20.9 Å². The van der Waals surface area contributed by atoms with Crippen LogP contribution in [0.25, 0.3) is 0 Å². The summed E-state index contributed by atoms with van der Waals surface area (Å²) in [5.41, 5.74) is 0.959. The Balaban J connectivity index is 1.91. The van der Waals surface area contributed by atoms with Crippen molar-refractivity contribution in [1.29, 1.82) is 0 Å². The minimum absolute atomic E-state index is 0.0142. The fourth-order valence-electron chi connectivity index (χ4n) is 2.49. The van der Waals surface area contributed by atoms with Gasteiger partial charge in [0.1, 0.15) is 0 Å². The van der Waals surface area contributed by atoms with Crippen LogP contribution in [0.2, 0.25) is 0 Å². The normalized spacial score (nSPS) is 11.0. The summed E-state index contributed by atoms with van der Waals surface area (Å²) >= 11 is 0.